The van der Waals surface area contributed by atoms with Gasteiger partial charge in [0.25, 0.3) is 5.91 Å². The van der Waals surface area contributed by atoms with Crippen molar-refractivity contribution < 1.29 is 9.32 Å². The minimum absolute atomic E-state index is 0.129. The zero-order valence-corrected chi connectivity index (χ0v) is 19.8. The second kappa shape index (κ2) is 8.33. The molecule has 4 heterocycles. The highest BCUT2D eigenvalue weighted by atomic mass is 35.5. The molecule has 0 aliphatic carbocycles. The van der Waals surface area contributed by atoms with Gasteiger partial charge in [-0.2, -0.15) is 5.10 Å². The van der Waals surface area contributed by atoms with E-state index in [9.17, 15) is 9.59 Å². The highest BCUT2D eigenvalue weighted by molar-refractivity contribution is 6.40. The topological polar surface area (TPSA) is 137 Å². The number of rotatable bonds is 4. The quantitative estimate of drug-likeness (QED) is 0.433. The Morgan fingerprint density at radius 3 is 2.68 bits per heavy atom. The van der Waals surface area contributed by atoms with Gasteiger partial charge in [0.1, 0.15) is 6.33 Å². The lowest BCUT2D eigenvalue weighted by Crippen LogP contribution is -2.37. The molecule has 34 heavy (non-hydrogen) atoms. The van der Waals surface area contributed by atoms with Gasteiger partial charge in [0.2, 0.25) is 5.58 Å². The third-order valence-corrected chi connectivity index (χ3v) is 6.37. The molecule has 11 nitrogen and oxygen atoms in total. The SMILES string of the molecule is Cc1cc2c(N)noc2c(N2CCC(NC(=O)c3c(Cl)cc(-n4cnn(C)c4=O)cc3Cl)C2)n1. The van der Waals surface area contributed by atoms with Crippen molar-refractivity contribution in [1.82, 2.24) is 29.8 Å². The number of nitrogens with zero attached hydrogens (tertiary/aromatic N) is 6. The number of carbonyl (C=O) groups excluding carboxylic acids is 1. The summed E-state index contributed by atoms with van der Waals surface area (Å²) in [4.78, 5) is 31.8. The molecule has 0 saturated carbocycles. The molecule has 1 unspecified atom stereocenters. The fourth-order valence-corrected chi connectivity index (χ4v) is 4.74. The van der Waals surface area contributed by atoms with E-state index in [4.69, 9.17) is 33.5 Å². The number of fused-ring (bicyclic) bond motifs is 1. The lowest BCUT2D eigenvalue weighted by Gasteiger charge is -2.19. The van der Waals surface area contributed by atoms with Crippen LogP contribution < -0.4 is 21.6 Å². The van der Waals surface area contributed by atoms with Crippen molar-refractivity contribution in [3.05, 3.63) is 56.3 Å². The number of pyridine rings is 1. The molecular formula is C21H20Cl2N8O3. The zero-order valence-electron chi connectivity index (χ0n) is 18.2. The van der Waals surface area contributed by atoms with Crippen molar-refractivity contribution in [1.29, 1.82) is 0 Å². The van der Waals surface area contributed by atoms with E-state index >= 15 is 0 Å². The number of nitrogen functional groups attached to an aromatic ring is 1. The van der Waals surface area contributed by atoms with E-state index in [1.807, 2.05) is 17.9 Å². The number of halogens is 2. The van der Waals surface area contributed by atoms with Gasteiger partial charge in [0.15, 0.2) is 11.6 Å². The number of amides is 1. The first kappa shape index (κ1) is 22.2. The van der Waals surface area contributed by atoms with Crippen molar-refractivity contribution in [2.24, 2.45) is 7.05 Å². The van der Waals surface area contributed by atoms with Gasteiger partial charge >= 0.3 is 5.69 Å². The molecule has 3 N–H and O–H groups in total. The Morgan fingerprint density at radius 1 is 1.26 bits per heavy atom. The summed E-state index contributed by atoms with van der Waals surface area (Å²) in [6, 6.07) is 4.67. The summed E-state index contributed by atoms with van der Waals surface area (Å²) in [5.74, 6) is 0.545. The Kier molecular flexibility index (Phi) is 5.45. The van der Waals surface area contributed by atoms with E-state index in [0.29, 0.717) is 47.8 Å². The molecule has 0 spiro atoms. The number of anilines is 2. The maximum atomic E-state index is 13.0. The largest absolute Gasteiger partial charge is 0.380 e. The summed E-state index contributed by atoms with van der Waals surface area (Å²) in [5.41, 5.74) is 7.40. The molecule has 176 valence electrons. The van der Waals surface area contributed by atoms with Crippen LogP contribution >= 0.6 is 23.2 Å². The van der Waals surface area contributed by atoms with Crippen LogP contribution in [0.2, 0.25) is 10.0 Å². The monoisotopic (exact) mass is 502 g/mol. The number of carbonyl (C=O) groups is 1. The molecule has 1 atom stereocenters. The van der Waals surface area contributed by atoms with Crippen LogP contribution in [0.4, 0.5) is 11.6 Å². The summed E-state index contributed by atoms with van der Waals surface area (Å²) < 4.78 is 7.86. The van der Waals surface area contributed by atoms with E-state index in [2.05, 4.69) is 20.6 Å². The lowest BCUT2D eigenvalue weighted by molar-refractivity contribution is 0.0940. The summed E-state index contributed by atoms with van der Waals surface area (Å²) in [6.07, 6.45) is 2.04. The van der Waals surface area contributed by atoms with Crippen LogP contribution in [0.25, 0.3) is 16.7 Å². The Bertz CT molecular complexity index is 1470. The standard InChI is InChI=1S/C21H20Cl2N8O3/c1-10-5-13-17(34-28-18(13)24)19(26-10)30-4-3-11(8-30)27-20(32)16-14(22)6-12(7-15(16)23)31-9-25-29(2)21(31)33/h5-7,9,11H,3-4,8H2,1-2H3,(H2,24,28)(H,27,32). The van der Waals surface area contributed by atoms with Gasteiger partial charge < -0.3 is 20.5 Å². The van der Waals surface area contributed by atoms with Gasteiger partial charge in [-0.3, -0.25) is 4.79 Å². The summed E-state index contributed by atoms with van der Waals surface area (Å²) in [7, 11) is 1.53. The van der Waals surface area contributed by atoms with E-state index in [1.54, 1.807) is 0 Å². The molecule has 1 aromatic carbocycles. The van der Waals surface area contributed by atoms with Crippen LogP contribution in [0, 0.1) is 6.92 Å². The lowest BCUT2D eigenvalue weighted by atomic mass is 10.1. The molecule has 3 aromatic heterocycles. The van der Waals surface area contributed by atoms with Crippen LogP contribution in [-0.2, 0) is 7.05 Å². The van der Waals surface area contributed by atoms with Gasteiger partial charge in [-0.1, -0.05) is 28.4 Å². The number of aromatic nitrogens is 5. The Morgan fingerprint density at radius 2 is 2.00 bits per heavy atom. The van der Waals surface area contributed by atoms with Gasteiger partial charge in [-0.05, 0) is 31.5 Å². The minimum Gasteiger partial charge on any atom is -0.380 e. The molecule has 0 radical (unpaired) electrons. The summed E-state index contributed by atoms with van der Waals surface area (Å²) in [6.45, 7) is 3.04. The van der Waals surface area contributed by atoms with Crippen LogP contribution in [0.15, 0.2) is 33.8 Å². The van der Waals surface area contributed by atoms with Crippen molar-refractivity contribution in [3.8, 4) is 5.69 Å². The van der Waals surface area contributed by atoms with E-state index < -0.39 is 5.91 Å². The van der Waals surface area contributed by atoms with E-state index in [0.717, 1.165) is 5.69 Å². The maximum absolute atomic E-state index is 13.0. The van der Waals surface area contributed by atoms with Crippen LogP contribution in [0.5, 0.6) is 0 Å². The fraction of sp³-hybridized carbons (Fsp3) is 0.286. The number of hydrogen-bond donors (Lipinski definition) is 2. The third kappa shape index (κ3) is 3.76. The third-order valence-electron chi connectivity index (χ3n) is 5.77. The molecule has 1 fully saturated rings. The molecule has 1 aliphatic heterocycles. The van der Waals surface area contributed by atoms with Gasteiger partial charge in [-0.15, -0.1) is 0 Å². The number of aryl methyl sites for hydroxylation is 2. The predicted octanol–water partition coefficient (Wildman–Crippen LogP) is 2.31. The molecule has 0 bridgehead atoms. The predicted molar refractivity (Wildman–Crippen MR) is 128 cm³/mol. The van der Waals surface area contributed by atoms with Crippen molar-refractivity contribution >= 4 is 51.7 Å². The molecule has 13 heteroatoms. The second-order valence-corrected chi connectivity index (χ2v) is 8.94. The highest BCUT2D eigenvalue weighted by Crippen LogP contribution is 2.32. The minimum atomic E-state index is -0.404. The average molecular weight is 503 g/mol. The average Bonchev–Trinajstić information content (AvgIpc) is 3.48. The Labute approximate surface area is 203 Å². The molecule has 1 aliphatic rings. The van der Waals surface area contributed by atoms with Gasteiger partial charge in [-0.25, -0.2) is 19.0 Å². The summed E-state index contributed by atoms with van der Waals surface area (Å²) >= 11 is 12.8. The summed E-state index contributed by atoms with van der Waals surface area (Å²) in [5, 5.41) is 11.7. The molecule has 1 amide bonds. The van der Waals surface area contributed by atoms with Crippen LogP contribution in [0.1, 0.15) is 22.5 Å². The van der Waals surface area contributed by atoms with Crippen molar-refractivity contribution in [3.63, 3.8) is 0 Å². The van der Waals surface area contributed by atoms with Crippen molar-refractivity contribution in [2.75, 3.05) is 23.7 Å². The number of hydrogen-bond acceptors (Lipinski definition) is 8. The number of nitrogens with one attached hydrogen (secondary N) is 1. The maximum Gasteiger partial charge on any atom is 0.350 e. The normalized spacial score (nSPS) is 15.9. The smallest absolute Gasteiger partial charge is 0.350 e. The highest BCUT2D eigenvalue weighted by Gasteiger charge is 2.29. The number of nitrogens with two attached hydrogens (primary N) is 1. The van der Waals surface area contributed by atoms with Gasteiger partial charge in [0, 0.05) is 31.9 Å². The first-order valence-corrected chi connectivity index (χ1v) is 11.2. The molecule has 1 saturated heterocycles. The van der Waals surface area contributed by atoms with E-state index in [1.165, 1.54) is 34.8 Å². The molecular weight excluding hydrogens is 483 g/mol. The molecule has 5 rings (SSSR count). The van der Waals surface area contributed by atoms with Crippen LogP contribution in [0.3, 0.4) is 0 Å². The van der Waals surface area contributed by atoms with Crippen LogP contribution in [-0.4, -0.2) is 49.5 Å². The first-order valence-electron chi connectivity index (χ1n) is 10.4. The van der Waals surface area contributed by atoms with Gasteiger partial charge in [0.05, 0.1) is 26.7 Å². The second-order valence-electron chi connectivity index (χ2n) is 8.13. The molecule has 4 aromatic rings. The van der Waals surface area contributed by atoms with E-state index in [-0.39, 0.29) is 27.3 Å². The van der Waals surface area contributed by atoms with Crippen molar-refractivity contribution in [2.45, 2.75) is 19.4 Å². The number of benzene rings is 1. The Balaban J connectivity index is 1.35. The Hall–Kier alpha value is -3.57. The zero-order chi connectivity index (χ0) is 24.1. The first-order chi connectivity index (χ1) is 16.2. The fourth-order valence-electron chi connectivity index (χ4n) is 4.09.